The molecule has 0 aliphatic heterocycles. The molecule has 4 N–H and O–H groups in total. The normalized spacial score (nSPS) is 12.4. The van der Waals surface area contributed by atoms with E-state index in [1.807, 2.05) is 45.0 Å². The Kier molecular flexibility index (Phi) is 9.77. The van der Waals surface area contributed by atoms with Crippen LogP contribution in [0, 0.1) is 5.82 Å². The molecule has 0 aliphatic carbocycles. The summed E-state index contributed by atoms with van der Waals surface area (Å²) in [4.78, 5) is 16.4. The fraction of sp³-hybridized carbons (Fsp3) is 0.391. The Bertz CT molecular complexity index is 856. The van der Waals surface area contributed by atoms with Crippen LogP contribution in [0.1, 0.15) is 42.8 Å². The number of nitrogens with zero attached hydrogens (tertiary/aromatic N) is 1. The number of aliphatic imine (C=N–C) groups is 1. The van der Waals surface area contributed by atoms with E-state index in [0.717, 1.165) is 11.3 Å². The van der Waals surface area contributed by atoms with E-state index in [9.17, 15) is 14.3 Å². The lowest BCUT2D eigenvalue weighted by Crippen LogP contribution is -2.41. The van der Waals surface area contributed by atoms with Crippen LogP contribution in [0.25, 0.3) is 0 Å². The predicted octanol–water partition coefficient (Wildman–Crippen LogP) is 2.63. The third kappa shape index (κ3) is 8.25. The van der Waals surface area contributed by atoms with Crippen LogP contribution in [-0.4, -0.2) is 49.3 Å². The van der Waals surface area contributed by atoms with Gasteiger partial charge in [0, 0.05) is 19.6 Å². The second kappa shape index (κ2) is 12.5. The number of nitrogens with one attached hydrogen (secondary N) is 3. The minimum atomic E-state index is -0.760. The summed E-state index contributed by atoms with van der Waals surface area (Å²) in [5.74, 6) is 0.242. The van der Waals surface area contributed by atoms with Crippen LogP contribution in [0.4, 0.5) is 4.39 Å². The Balaban J connectivity index is 1.82. The van der Waals surface area contributed by atoms with Gasteiger partial charge in [-0.15, -0.1) is 0 Å². The molecule has 0 aliphatic rings. The third-order valence-corrected chi connectivity index (χ3v) is 4.22. The molecule has 168 valence electrons. The van der Waals surface area contributed by atoms with Crippen molar-refractivity contribution in [2.75, 3.05) is 26.2 Å². The van der Waals surface area contributed by atoms with Crippen molar-refractivity contribution in [3.63, 3.8) is 0 Å². The van der Waals surface area contributed by atoms with E-state index < -0.39 is 17.8 Å². The average molecular weight is 431 g/mol. The zero-order valence-corrected chi connectivity index (χ0v) is 18.2. The van der Waals surface area contributed by atoms with Crippen LogP contribution in [-0.2, 0) is 0 Å². The van der Waals surface area contributed by atoms with E-state index in [1.165, 1.54) is 18.2 Å². The molecule has 0 spiro atoms. The molecule has 2 aromatic carbocycles. The van der Waals surface area contributed by atoms with Crippen molar-refractivity contribution < 1.29 is 19.0 Å². The first-order valence-corrected chi connectivity index (χ1v) is 10.4. The Morgan fingerprint density at radius 1 is 1.06 bits per heavy atom. The lowest BCUT2D eigenvalue weighted by Gasteiger charge is -2.14. The van der Waals surface area contributed by atoms with Crippen LogP contribution in [0.3, 0.4) is 0 Å². The fourth-order valence-corrected chi connectivity index (χ4v) is 2.76. The van der Waals surface area contributed by atoms with Gasteiger partial charge in [-0.2, -0.15) is 0 Å². The van der Waals surface area contributed by atoms with Gasteiger partial charge < -0.3 is 25.8 Å². The molecule has 2 rings (SSSR count). The number of aliphatic hydroxyl groups is 1. The second-order valence-electron chi connectivity index (χ2n) is 7.13. The molecule has 0 bridgehead atoms. The number of guanidine groups is 1. The highest BCUT2D eigenvalue weighted by atomic mass is 19.1. The molecule has 0 radical (unpaired) electrons. The van der Waals surface area contributed by atoms with Gasteiger partial charge >= 0.3 is 0 Å². The smallest absolute Gasteiger partial charge is 0.254 e. The number of carbonyl (C=O) groups is 1. The molecular formula is C23H31FN4O3. The molecular weight excluding hydrogens is 399 g/mol. The molecule has 1 atom stereocenters. The zero-order chi connectivity index (χ0) is 22.6. The molecule has 2 aromatic rings. The highest BCUT2D eigenvalue weighted by Crippen LogP contribution is 2.19. The Hall–Kier alpha value is -3.13. The molecule has 7 nitrogen and oxygen atoms in total. The monoisotopic (exact) mass is 430 g/mol. The summed E-state index contributed by atoms with van der Waals surface area (Å²) in [6, 6.07) is 13.1. The summed E-state index contributed by atoms with van der Waals surface area (Å²) in [5.41, 5.74) is 0.754. The van der Waals surface area contributed by atoms with Gasteiger partial charge in [-0.05, 0) is 50.6 Å². The fourth-order valence-electron chi connectivity index (χ4n) is 2.76. The molecule has 0 fully saturated rings. The summed E-state index contributed by atoms with van der Waals surface area (Å²) in [6.07, 6.45) is -0.671. The number of aliphatic hydroxyl groups excluding tert-OH is 1. The van der Waals surface area contributed by atoms with E-state index in [-0.39, 0.29) is 24.8 Å². The minimum absolute atomic E-state index is 0.0102. The standard InChI is InChI=1S/C23H31FN4O3/c1-4-25-23(27-14-13-26-22(30)19-7-5-6-8-20(19)24)28-15-21(29)17-9-11-18(12-10-17)31-16(2)3/h5-12,16,21,29H,4,13-15H2,1-3H3,(H,26,30)(H2,25,27,28). The summed E-state index contributed by atoms with van der Waals surface area (Å²) in [5, 5.41) is 19.2. The maximum absolute atomic E-state index is 13.6. The maximum Gasteiger partial charge on any atom is 0.254 e. The number of amides is 1. The first-order chi connectivity index (χ1) is 14.9. The highest BCUT2D eigenvalue weighted by Gasteiger charge is 2.10. The van der Waals surface area contributed by atoms with Crippen molar-refractivity contribution in [2.24, 2.45) is 4.99 Å². The molecule has 8 heteroatoms. The van der Waals surface area contributed by atoms with Crippen molar-refractivity contribution in [1.29, 1.82) is 0 Å². The molecule has 0 heterocycles. The van der Waals surface area contributed by atoms with Crippen LogP contribution in [0.2, 0.25) is 0 Å². The molecule has 1 amide bonds. The zero-order valence-electron chi connectivity index (χ0n) is 18.2. The SMILES string of the molecule is CCNC(=NCC(O)c1ccc(OC(C)C)cc1)NCCNC(=O)c1ccccc1F. The first kappa shape index (κ1) is 24.1. The largest absolute Gasteiger partial charge is 0.491 e. The van der Waals surface area contributed by atoms with Crippen molar-refractivity contribution in [3.05, 3.63) is 65.5 Å². The molecule has 0 saturated heterocycles. The Morgan fingerprint density at radius 2 is 1.74 bits per heavy atom. The van der Waals surface area contributed by atoms with Gasteiger partial charge in [-0.25, -0.2) is 4.39 Å². The number of hydrogen-bond acceptors (Lipinski definition) is 4. The van der Waals surface area contributed by atoms with Gasteiger partial charge in [0.2, 0.25) is 0 Å². The van der Waals surface area contributed by atoms with Crippen LogP contribution >= 0.6 is 0 Å². The van der Waals surface area contributed by atoms with Crippen molar-refractivity contribution in [3.8, 4) is 5.75 Å². The summed E-state index contributed by atoms with van der Waals surface area (Å²) < 4.78 is 19.2. The van der Waals surface area contributed by atoms with E-state index >= 15 is 0 Å². The number of carbonyl (C=O) groups excluding carboxylic acids is 1. The van der Waals surface area contributed by atoms with Crippen molar-refractivity contribution >= 4 is 11.9 Å². The van der Waals surface area contributed by atoms with Gasteiger partial charge in [0.05, 0.1) is 24.3 Å². The van der Waals surface area contributed by atoms with Crippen LogP contribution in [0.15, 0.2) is 53.5 Å². The van der Waals surface area contributed by atoms with Crippen LogP contribution in [0.5, 0.6) is 5.75 Å². The molecule has 0 aromatic heterocycles. The van der Waals surface area contributed by atoms with E-state index in [2.05, 4.69) is 20.9 Å². The van der Waals surface area contributed by atoms with Gasteiger partial charge in [0.1, 0.15) is 11.6 Å². The first-order valence-electron chi connectivity index (χ1n) is 10.4. The number of benzene rings is 2. The third-order valence-electron chi connectivity index (χ3n) is 4.22. The second-order valence-corrected chi connectivity index (χ2v) is 7.13. The van der Waals surface area contributed by atoms with Gasteiger partial charge in [-0.3, -0.25) is 9.79 Å². The lowest BCUT2D eigenvalue weighted by molar-refractivity contribution is 0.0950. The minimum Gasteiger partial charge on any atom is -0.491 e. The predicted molar refractivity (Wildman–Crippen MR) is 120 cm³/mol. The van der Waals surface area contributed by atoms with Crippen LogP contribution < -0.4 is 20.7 Å². The molecule has 1 unspecified atom stereocenters. The van der Waals surface area contributed by atoms with Gasteiger partial charge in [0.15, 0.2) is 5.96 Å². The highest BCUT2D eigenvalue weighted by molar-refractivity contribution is 5.94. The molecule has 0 saturated carbocycles. The van der Waals surface area contributed by atoms with E-state index in [1.54, 1.807) is 6.07 Å². The number of rotatable bonds is 10. The maximum atomic E-state index is 13.6. The Labute approximate surface area is 182 Å². The van der Waals surface area contributed by atoms with E-state index in [4.69, 9.17) is 4.74 Å². The van der Waals surface area contributed by atoms with Crippen molar-refractivity contribution in [2.45, 2.75) is 33.0 Å². The van der Waals surface area contributed by atoms with Gasteiger partial charge in [0.25, 0.3) is 5.91 Å². The summed E-state index contributed by atoms with van der Waals surface area (Å²) in [6.45, 7) is 7.34. The quantitative estimate of drug-likeness (QED) is 0.264. The number of hydrogen-bond donors (Lipinski definition) is 4. The van der Waals surface area contributed by atoms with Gasteiger partial charge in [-0.1, -0.05) is 24.3 Å². The topological polar surface area (TPSA) is 95.0 Å². The average Bonchev–Trinajstić information content (AvgIpc) is 2.75. The lowest BCUT2D eigenvalue weighted by atomic mass is 10.1. The number of halogens is 1. The Morgan fingerprint density at radius 3 is 2.39 bits per heavy atom. The summed E-state index contributed by atoms with van der Waals surface area (Å²) in [7, 11) is 0. The summed E-state index contributed by atoms with van der Waals surface area (Å²) >= 11 is 0. The van der Waals surface area contributed by atoms with Crippen molar-refractivity contribution in [1.82, 2.24) is 16.0 Å². The number of ether oxygens (including phenoxy) is 1. The van der Waals surface area contributed by atoms with E-state index in [0.29, 0.717) is 19.0 Å². The molecule has 31 heavy (non-hydrogen) atoms.